The second-order valence-electron chi connectivity index (χ2n) is 11.2. The third-order valence-corrected chi connectivity index (χ3v) is 9.88. The molecule has 6 aliphatic carbocycles. The Balaban J connectivity index is 1.30. The summed E-state index contributed by atoms with van der Waals surface area (Å²) >= 11 is 0. The first-order valence-electron chi connectivity index (χ1n) is 10.9. The summed E-state index contributed by atoms with van der Waals surface area (Å²) in [5.41, 5.74) is 3.07. The molecule has 23 heavy (non-hydrogen) atoms. The van der Waals surface area contributed by atoms with E-state index in [0.29, 0.717) is 0 Å². The van der Waals surface area contributed by atoms with E-state index in [4.69, 9.17) is 0 Å². The van der Waals surface area contributed by atoms with Crippen molar-refractivity contribution in [1.82, 2.24) is 0 Å². The van der Waals surface area contributed by atoms with E-state index in [1.54, 1.807) is 77.0 Å². The minimum atomic E-state index is 0.743. The zero-order valence-electron chi connectivity index (χ0n) is 16.2. The van der Waals surface area contributed by atoms with Gasteiger partial charge in [-0.3, -0.25) is 0 Å². The summed E-state index contributed by atoms with van der Waals surface area (Å²) in [5, 5.41) is 0. The molecular formula is C23H40. The molecule has 0 atom stereocenters. The molecule has 0 nitrogen and oxygen atoms in total. The van der Waals surface area contributed by atoms with Gasteiger partial charge in [0, 0.05) is 0 Å². The van der Waals surface area contributed by atoms with Crippen LogP contribution in [0.4, 0.5) is 0 Å². The highest BCUT2D eigenvalue weighted by atomic mass is 14.6. The predicted molar refractivity (Wildman–Crippen MR) is 99.5 cm³/mol. The smallest absolute Gasteiger partial charge is 0.0274 e. The minimum absolute atomic E-state index is 0.743. The van der Waals surface area contributed by atoms with E-state index in [0.717, 1.165) is 27.6 Å². The number of hydrogen-bond donors (Lipinski definition) is 0. The van der Waals surface area contributed by atoms with E-state index in [1.165, 1.54) is 19.3 Å². The molecule has 0 aliphatic heterocycles. The Bertz CT molecular complexity index is 394. The molecule has 0 amide bonds. The molecule has 0 spiro atoms. The van der Waals surface area contributed by atoms with Crippen LogP contribution in [-0.4, -0.2) is 0 Å². The number of fused-ring (bicyclic) bond motifs is 6. The minimum Gasteiger partial charge on any atom is -0.0622 e. The van der Waals surface area contributed by atoms with Crippen LogP contribution in [0.25, 0.3) is 0 Å². The first-order chi connectivity index (χ1) is 10.9. The second kappa shape index (κ2) is 5.50. The summed E-state index contributed by atoms with van der Waals surface area (Å²) in [6, 6.07) is 0. The van der Waals surface area contributed by atoms with Gasteiger partial charge in [-0.25, -0.2) is 0 Å². The monoisotopic (exact) mass is 316 g/mol. The van der Waals surface area contributed by atoms with Crippen LogP contribution in [0.5, 0.6) is 0 Å². The van der Waals surface area contributed by atoms with Crippen molar-refractivity contribution < 1.29 is 0 Å². The van der Waals surface area contributed by atoms with Crippen LogP contribution in [0.1, 0.15) is 117 Å². The number of hydrogen-bond acceptors (Lipinski definition) is 0. The lowest BCUT2D eigenvalue weighted by atomic mass is 9.49. The van der Waals surface area contributed by atoms with Gasteiger partial charge >= 0.3 is 0 Å². The Morgan fingerprint density at radius 2 is 1.00 bits per heavy atom. The average molecular weight is 317 g/mol. The predicted octanol–water partition coefficient (Wildman–Crippen LogP) is 7.51. The Morgan fingerprint density at radius 1 is 0.609 bits per heavy atom. The molecule has 4 bridgehead atoms. The fourth-order valence-corrected chi connectivity index (χ4v) is 7.20. The molecule has 0 unspecified atom stereocenters. The topological polar surface area (TPSA) is 0 Å². The molecule has 0 radical (unpaired) electrons. The van der Waals surface area contributed by atoms with Gasteiger partial charge in [-0.2, -0.15) is 0 Å². The van der Waals surface area contributed by atoms with Crippen molar-refractivity contribution in [3.05, 3.63) is 0 Å². The van der Waals surface area contributed by atoms with Crippen molar-refractivity contribution in [2.24, 2.45) is 27.6 Å². The van der Waals surface area contributed by atoms with Gasteiger partial charge in [0.1, 0.15) is 0 Å². The summed E-state index contributed by atoms with van der Waals surface area (Å²) in [7, 11) is 0. The van der Waals surface area contributed by atoms with Crippen LogP contribution in [0.3, 0.4) is 0 Å². The molecule has 6 rings (SSSR count). The van der Waals surface area contributed by atoms with Crippen LogP contribution < -0.4 is 0 Å². The van der Waals surface area contributed by atoms with Crippen LogP contribution in [0, 0.1) is 27.6 Å². The van der Waals surface area contributed by atoms with Crippen molar-refractivity contribution in [3.8, 4) is 0 Å². The molecule has 0 heteroatoms. The third kappa shape index (κ3) is 2.81. The van der Waals surface area contributed by atoms with Crippen LogP contribution >= 0.6 is 0 Å². The quantitative estimate of drug-likeness (QED) is 0.492. The Hall–Kier alpha value is 0. The summed E-state index contributed by atoms with van der Waals surface area (Å²) < 4.78 is 0. The first-order valence-corrected chi connectivity index (χ1v) is 10.9. The van der Waals surface area contributed by atoms with Crippen molar-refractivity contribution in [2.75, 3.05) is 0 Å². The molecule has 0 saturated heterocycles. The molecule has 0 heterocycles. The van der Waals surface area contributed by atoms with Crippen LogP contribution in [-0.2, 0) is 0 Å². The van der Waals surface area contributed by atoms with E-state index in [-0.39, 0.29) is 0 Å². The summed E-state index contributed by atoms with van der Waals surface area (Å²) in [6.07, 6.45) is 23.3. The highest BCUT2D eigenvalue weighted by Gasteiger charge is 2.50. The van der Waals surface area contributed by atoms with Crippen molar-refractivity contribution >= 4 is 0 Å². The normalized spacial score (nSPS) is 49.0. The zero-order chi connectivity index (χ0) is 16.2. The van der Waals surface area contributed by atoms with Crippen molar-refractivity contribution in [1.29, 1.82) is 0 Å². The molecule has 0 aromatic heterocycles. The summed E-state index contributed by atoms with van der Waals surface area (Å²) in [6.45, 7) is 7.52. The van der Waals surface area contributed by atoms with Gasteiger partial charge in [0.2, 0.25) is 0 Å². The molecule has 132 valence electrons. The van der Waals surface area contributed by atoms with E-state index in [2.05, 4.69) is 20.8 Å². The van der Waals surface area contributed by atoms with E-state index < -0.39 is 0 Å². The SMILES string of the molecule is CC(C)C12CCC(CCCC34CCC(C)(CC3)CC4)(CC1)CC2. The number of rotatable bonds is 5. The van der Waals surface area contributed by atoms with E-state index in [1.807, 2.05) is 0 Å². The maximum absolute atomic E-state index is 2.56. The molecular weight excluding hydrogens is 276 g/mol. The molecule has 0 aromatic rings. The van der Waals surface area contributed by atoms with E-state index in [9.17, 15) is 0 Å². The largest absolute Gasteiger partial charge is 0.0622 e. The van der Waals surface area contributed by atoms with Crippen molar-refractivity contribution in [2.45, 2.75) is 117 Å². The average Bonchev–Trinajstić information content (AvgIpc) is 2.58. The van der Waals surface area contributed by atoms with Gasteiger partial charge in [-0.05, 0) is 117 Å². The molecule has 0 N–H and O–H groups in total. The van der Waals surface area contributed by atoms with E-state index >= 15 is 0 Å². The Kier molecular flexibility index (Phi) is 3.94. The molecule has 0 aromatic carbocycles. The fraction of sp³-hybridized carbons (Fsp3) is 1.00. The molecule has 6 fully saturated rings. The first kappa shape index (κ1) is 16.5. The lowest BCUT2D eigenvalue weighted by molar-refractivity contribution is -0.0493. The van der Waals surface area contributed by atoms with Gasteiger partial charge in [-0.15, -0.1) is 0 Å². The van der Waals surface area contributed by atoms with Gasteiger partial charge in [0.05, 0.1) is 0 Å². The summed E-state index contributed by atoms with van der Waals surface area (Å²) in [4.78, 5) is 0. The Morgan fingerprint density at radius 3 is 1.39 bits per heavy atom. The lowest BCUT2D eigenvalue weighted by Crippen LogP contribution is -2.44. The lowest BCUT2D eigenvalue weighted by Gasteiger charge is -2.56. The van der Waals surface area contributed by atoms with Gasteiger partial charge in [0.25, 0.3) is 0 Å². The zero-order valence-corrected chi connectivity index (χ0v) is 16.2. The second-order valence-corrected chi connectivity index (χ2v) is 11.2. The molecule has 6 aliphatic rings. The molecule has 6 saturated carbocycles. The maximum atomic E-state index is 2.56. The van der Waals surface area contributed by atoms with Gasteiger partial charge < -0.3 is 0 Å². The van der Waals surface area contributed by atoms with Crippen LogP contribution in [0.2, 0.25) is 0 Å². The highest BCUT2D eigenvalue weighted by Crippen LogP contribution is 2.62. The third-order valence-electron chi connectivity index (χ3n) is 9.88. The maximum Gasteiger partial charge on any atom is -0.0274 e. The van der Waals surface area contributed by atoms with Crippen molar-refractivity contribution in [3.63, 3.8) is 0 Å². The summed E-state index contributed by atoms with van der Waals surface area (Å²) in [5.74, 6) is 0.915. The van der Waals surface area contributed by atoms with Gasteiger partial charge in [0.15, 0.2) is 0 Å². The van der Waals surface area contributed by atoms with Gasteiger partial charge in [-0.1, -0.05) is 27.2 Å². The Labute approximate surface area is 145 Å². The van der Waals surface area contributed by atoms with Crippen LogP contribution in [0.15, 0.2) is 0 Å². The standard InChI is InChI=1S/C23H40/c1-19(2)23-16-13-22(14-17-23,15-18-23)6-4-5-21-10-7-20(3,8-11-21)9-12-21/h19H,4-18H2,1-3H3. The highest BCUT2D eigenvalue weighted by molar-refractivity contribution is 5.01. The fourth-order valence-electron chi connectivity index (χ4n) is 7.20.